The zero-order chi connectivity index (χ0) is 24.1. The number of carbonyl (C=O) groups is 2. The van der Waals surface area contributed by atoms with Crippen molar-refractivity contribution in [3.63, 3.8) is 0 Å². The van der Waals surface area contributed by atoms with Gasteiger partial charge in [-0.15, -0.1) is 16.8 Å². The number of carbonyl (C=O) groups excluding carboxylic acids is 2. The van der Waals surface area contributed by atoms with E-state index in [1.165, 1.54) is 25.4 Å². The molecule has 1 atom stereocenters. The molecule has 1 heterocycles. The number of thiazole rings is 1. The molecular formula is C22H21Cl2N5O3S. The molecule has 11 heteroatoms. The smallest absolute Gasteiger partial charge is 0.328 e. The van der Waals surface area contributed by atoms with Gasteiger partial charge in [-0.05, 0) is 37.3 Å². The van der Waals surface area contributed by atoms with Crippen LogP contribution in [0.25, 0.3) is 10.2 Å². The monoisotopic (exact) mass is 505 g/mol. The molecule has 8 nitrogen and oxygen atoms in total. The summed E-state index contributed by atoms with van der Waals surface area (Å²) in [5.41, 5.74) is 2.20. The standard InChI is InChI=1S/C22H21Cl2N5O3S/c1-5-8-29(12(2)21(31)32-4)14-6-7-17(18(9-14)25-13(3)30)27-28-22-26-19-10-15(23)16(24)11-20(19)33-22/h5-7,9-12H,1,8H2,2-4H3,(H,25,30). The molecule has 172 valence electrons. The Hall–Kier alpha value is -3.01. The molecule has 0 bridgehead atoms. The summed E-state index contributed by atoms with van der Waals surface area (Å²) in [7, 11) is 1.33. The Bertz CT molecular complexity index is 1210. The number of benzene rings is 2. The fraction of sp³-hybridized carbons (Fsp3) is 0.227. The number of halogens is 2. The topological polar surface area (TPSA) is 96.3 Å². The van der Waals surface area contributed by atoms with Crippen LogP contribution in [0.2, 0.25) is 10.0 Å². The van der Waals surface area contributed by atoms with Crippen molar-refractivity contribution in [2.24, 2.45) is 10.2 Å². The maximum atomic E-state index is 12.1. The molecule has 1 amide bonds. The van der Waals surface area contributed by atoms with Crippen molar-refractivity contribution in [1.29, 1.82) is 0 Å². The van der Waals surface area contributed by atoms with Crippen molar-refractivity contribution in [3.05, 3.63) is 53.0 Å². The number of rotatable bonds is 8. The summed E-state index contributed by atoms with van der Waals surface area (Å²) < 4.78 is 5.69. The van der Waals surface area contributed by atoms with Crippen LogP contribution in [0.1, 0.15) is 13.8 Å². The number of ether oxygens (including phenoxy) is 1. The largest absolute Gasteiger partial charge is 0.467 e. The van der Waals surface area contributed by atoms with E-state index >= 15 is 0 Å². The average Bonchev–Trinajstić information content (AvgIpc) is 3.16. The van der Waals surface area contributed by atoms with Crippen molar-refractivity contribution in [2.45, 2.75) is 19.9 Å². The molecule has 3 aromatic rings. The van der Waals surface area contributed by atoms with Crippen LogP contribution in [0.3, 0.4) is 0 Å². The number of esters is 1. The van der Waals surface area contributed by atoms with Crippen molar-refractivity contribution in [1.82, 2.24) is 4.98 Å². The molecule has 1 aromatic heterocycles. The van der Waals surface area contributed by atoms with Crippen LogP contribution >= 0.6 is 34.5 Å². The Morgan fingerprint density at radius 3 is 2.67 bits per heavy atom. The minimum Gasteiger partial charge on any atom is -0.467 e. The SMILES string of the molecule is C=CCN(c1ccc(N=Nc2nc3cc(Cl)c(Cl)cc3s2)c(NC(C)=O)c1)C(C)C(=O)OC. The van der Waals surface area contributed by atoms with E-state index in [4.69, 9.17) is 27.9 Å². The summed E-state index contributed by atoms with van der Waals surface area (Å²) in [5, 5.41) is 12.5. The van der Waals surface area contributed by atoms with Gasteiger partial charge in [-0.25, -0.2) is 9.78 Å². The molecular weight excluding hydrogens is 485 g/mol. The molecule has 1 unspecified atom stereocenters. The second-order valence-electron chi connectivity index (χ2n) is 6.95. The number of nitrogens with one attached hydrogen (secondary N) is 1. The summed E-state index contributed by atoms with van der Waals surface area (Å²) in [6, 6.07) is 8.03. The van der Waals surface area contributed by atoms with E-state index < -0.39 is 12.0 Å². The maximum Gasteiger partial charge on any atom is 0.328 e. The van der Waals surface area contributed by atoms with Crippen LogP contribution in [0.5, 0.6) is 0 Å². The summed E-state index contributed by atoms with van der Waals surface area (Å²) in [6.45, 7) is 7.28. The van der Waals surface area contributed by atoms with Crippen LogP contribution in [0.15, 0.2) is 53.2 Å². The van der Waals surface area contributed by atoms with E-state index in [9.17, 15) is 9.59 Å². The van der Waals surface area contributed by atoms with Crippen molar-refractivity contribution < 1.29 is 14.3 Å². The quantitative estimate of drug-likeness (QED) is 0.213. The molecule has 2 aromatic carbocycles. The van der Waals surface area contributed by atoms with Gasteiger partial charge in [0.15, 0.2) is 0 Å². The molecule has 0 saturated heterocycles. The first-order valence-corrected chi connectivity index (χ1v) is 11.3. The Kier molecular flexibility index (Phi) is 8.01. The van der Waals surface area contributed by atoms with Gasteiger partial charge >= 0.3 is 5.97 Å². The Morgan fingerprint density at radius 1 is 1.27 bits per heavy atom. The summed E-state index contributed by atoms with van der Waals surface area (Å²) in [4.78, 5) is 30.1. The van der Waals surface area contributed by atoms with Crippen LogP contribution in [-0.4, -0.2) is 36.6 Å². The second kappa shape index (κ2) is 10.7. The number of azo groups is 1. The molecule has 0 spiro atoms. The van der Waals surface area contributed by atoms with Gasteiger partial charge in [-0.2, -0.15) is 0 Å². The van der Waals surface area contributed by atoms with Crippen molar-refractivity contribution in [2.75, 3.05) is 23.9 Å². The number of nitrogens with zero attached hydrogens (tertiary/aromatic N) is 4. The number of aromatic nitrogens is 1. The fourth-order valence-electron chi connectivity index (χ4n) is 3.05. The number of hydrogen-bond donors (Lipinski definition) is 1. The van der Waals surface area contributed by atoms with Crippen LogP contribution in [0, 0.1) is 0 Å². The molecule has 0 aliphatic heterocycles. The minimum absolute atomic E-state index is 0.274. The van der Waals surface area contributed by atoms with Gasteiger partial charge in [0.05, 0.1) is 33.1 Å². The molecule has 0 radical (unpaired) electrons. The first-order valence-electron chi connectivity index (χ1n) is 9.77. The molecule has 33 heavy (non-hydrogen) atoms. The Balaban J connectivity index is 1.97. The summed E-state index contributed by atoms with van der Waals surface area (Å²) >= 11 is 13.4. The molecule has 0 aliphatic rings. The zero-order valence-corrected chi connectivity index (χ0v) is 20.5. The zero-order valence-electron chi connectivity index (χ0n) is 18.1. The van der Waals surface area contributed by atoms with Crippen LogP contribution < -0.4 is 10.2 Å². The van der Waals surface area contributed by atoms with Gasteiger partial charge in [0.1, 0.15) is 11.7 Å². The highest BCUT2D eigenvalue weighted by Gasteiger charge is 2.22. The van der Waals surface area contributed by atoms with E-state index in [1.807, 2.05) is 0 Å². The molecule has 3 rings (SSSR count). The van der Waals surface area contributed by atoms with E-state index in [2.05, 4.69) is 27.1 Å². The average molecular weight is 506 g/mol. The Labute approximate surface area is 204 Å². The summed E-state index contributed by atoms with van der Waals surface area (Å²) in [5.74, 6) is -0.665. The number of fused-ring (bicyclic) bond motifs is 1. The van der Waals surface area contributed by atoms with Crippen LogP contribution in [0.4, 0.5) is 22.2 Å². The van der Waals surface area contributed by atoms with Gasteiger partial charge in [-0.1, -0.05) is 40.6 Å². The number of hydrogen-bond acceptors (Lipinski definition) is 8. The van der Waals surface area contributed by atoms with E-state index in [1.54, 1.807) is 48.2 Å². The van der Waals surface area contributed by atoms with E-state index in [0.717, 1.165) is 4.70 Å². The van der Waals surface area contributed by atoms with E-state index in [0.29, 0.717) is 44.3 Å². The highest BCUT2D eigenvalue weighted by atomic mass is 35.5. The summed E-state index contributed by atoms with van der Waals surface area (Å²) in [6.07, 6.45) is 1.68. The fourth-order valence-corrected chi connectivity index (χ4v) is 4.25. The number of anilines is 2. The van der Waals surface area contributed by atoms with Gasteiger partial charge in [0, 0.05) is 19.2 Å². The third-order valence-electron chi connectivity index (χ3n) is 4.62. The molecule has 0 saturated carbocycles. The lowest BCUT2D eigenvalue weighted by Gasteiger charge is -2.29. The first-order chi connectivity index (χ1) is 15.7. The second-order valence-corrected chi connectivity index (χ2v) is 8.78. The van der Waals surface area contributed by atoms with Crippen molar-refractivity contribution >= 4 is 78.8 Å². The van der Waals surface area contributed by atoms with Gasteiger partial charge in [-0.3, -0.25) is 4.79 Å². The predicted molar refractivity (Wildman–Crippen MR) is 134 cm³/mol. The molecule has 1 N–H and O–H groups in total. The highest BCUT2D eigenvalue weighted by molar-refractivity contribution is 7.22. The van der Waals surface area contributed by atoms with Gasteiger partial charge in [0.25, 0.3) is 0 Å². The lowest BCUT2D eigenvalue weighted by Crippen LogP contribution is -2.40. The predicted octanol–water partition coefficient (Wildman–Crippen LogP) is 6.53. The normalized spacial score (nSPS) is 12.0. The van der Waals surface area contributed by atoms with Crippen LogP contribution in [-0.2, 0) is 14.3 Å². The van der Waals surface area contributed by atoms with Gasteiger partial charge < -0.3 is 15.0 Å². The minimum atomic E-state index is -0.563. The number of amides is 1. The molecule has 0 fully saturated rings. The first kappa shape index (κ1) is 24.6. The third kappa shape index (κ3) is 5.87. The van der Waals surface area contributed by atoms with E-state index in [-0.39, 0.29) is 5.91 Å². The highest BCUT2D eigenvalue weighted by Crippen LogP contribution is 2.36. The lowest BCUT2D eigenvalue weighted by atomic mass is 10.1. The maximum absolute atomic E-state index is 12.1. The third-order valence-corrected chi connectivity index (χ3v) is 6.25. The van der Waals surface area contributed by atoms with Crippen molar-refractivity contribution in [3.8, 4) is 0 Å². The van der Waals surface area contributed by atoms with Gasteiger partial charge in [0.2, 0.25) is 11.0 Å². The molecule has 0 aliphatic carbocycles. The Morgan fingerprint density at radius 2 is 2.00 bits per heavy atom. The lowest BCUT2D eigenvalue weighted by molar-refractivity contribution is -0.141. The number of methoxy groups -OCH3 is 1.